The second-order valence-electron chi connectivity index (χ2n) is 6.36. The lowest BCUT2D eigenvalue weighted by atomic mass is 10.0. The van der Waals surface area contributed by atoms with Crippen molar-refractivity contribution < 1.29 is 14.0 Å². The third-order valence-electron chi connectivity index (χ3n) is 4.29. The molecule has 0 radical (unpaired) electrons. The van der Waals surface area contributed by atoms with Crippen LogP contribution in [-0.4, -0.2) is 70.3 Å². The number of carbonyl (C=O) groups excluding carboxylic acids is 2. The molecule has 1 aliphatic rings. The molecule has 1 aromatic carbocycles. The molecule has 1 unspecified atom stereocenters. The van der Waals surface area contributed by atoms with Crippen molar-refractivity contribution in [3.05, 3.63) is 47.5 Å². The van der Waals surface area contributed by atoms with Crippen LogP contribution in [0.15, 0.2) is 30.5 Å². The Bertz CT molecular complexity index is 806. The summed E-state index contributed by atoms with van der Waals surface area (Å²) in [6, 6.07) is 5.95. The van der Waals surface area contributed by atoms with Crippen LogP contribution in [0, 0.1) is 5.82 Å². The fourth-order valence-corrected chi connectivity index (χ4v) is 2.86. The SMILES string of the molecule is CN(C)C(=O)Cn1cc(C(=O)N2CCNCC2c2cccc(F)c2)nn1. The number of piperazine rings is 1. The maximum absolute atomic E-state index is 13.6. The molecule has 1 N–H and O–H groups in total. The first-order valence-electron chi connectivity index (χ1n) is 8.33. The Morgan fingerprint density at radius 3 is 2.92 bits per heavy atom. The molecular formula is C17H21FN6O2. The Labute approximate surface area is 150 Å². The van der Waals surface area contributed by atoms with Gasteiger partial charge in [0.05, 0.1) is 12.2 Å². The number of carbonyl (C=O) groups is 2. The molecule has 2 heterocycles. The van der Waals surface area contributed by atoms with E-state index in [4.69, 9.17) is 0 Å². The lowest BCUT2D eigenvalue weighted by Crippen LogP contribution is -2.48. The van der Waals surface area contributed by atoms with E-state index in [1.54, 1.807) is 31.1 Å². The molecule has 8 nitrogen and oxygen atoms in total. The van der Waals surface area contributed by atoms with Crippen molar-refractivity contribution in [3.8, 4) is 0 Å². The first-order valence-corrected chi connectivity index (χ1v) is 8.33. The number of amides is 2. The van der Waals surface area contributed by atoms with Gasteiger partial charge in [-0.15, -0.1) is 5.10 Å². The number of likely N-dealkylation sites (N-methyl/N-ethyl adjacent to an activating group) is 1. The quantitative estimate of drug-likeness (QED) is 0.848. The molecule has 0 saturated carbocycles. The molecule has 1 saturated heterocycles. The van der Waals surface area contributed by atoms with Gasteiger partial charge in [0.25, 0.3) is 5.91 Å². The van der Waals surface area contributed by atoms with E-state index in [1.165, 1.54) is 27.9 Å². The number of benzene rings is 1. The molecule has 1 atom stereocenters. The predicted octanol–water partition coefficient (Wildman–Crippen LogP) is 0.292. The molecule has 2 aromatic rings. The topological polar surface area (TPSA) is 83.4 Å². The van der Waals surface area contributed by atoms with Crippen molar-refractivity contribution in [2.24, 2.45) is 0 Å². The molecule has 2 amide bonds. The first-order chi connectivity index (χ1) is 12.5. The summed E-state index contributed by atoms with van der Waals surface area (Å²) in [5.74, 6) is -0.772. The van der Waals surface area contributed by atoms with Gasteiger partial charge in [-0.3, -0.25) is 9.59 Å². The first kappa shape index (κ1) is 18.0. The van der Waals surface area contributed by atoms with Crippen molar-refractivity contribution in [1.82, 2.24) is 30.1 Å². The third kappa shape index (κ3) is 3.88. The minimum atomic E-state index is -0.339. The summed E-state index contributed by atoms with van der Waals surface area (Å²) in [5.41, 5.74) is 0.889. The number of rotatable bonds is 4. The summed E-state index contributed by atoms with van der Waals surface area (Å²) in [5, 5.41) is 11.0. The second-order valence-corrected chi connectivity index (χ2v) is 6.36. The standard InChI is InChI=1S/C17H21FN6O2/c1-22(2)16(25)11-23-10-14(20-21-23)17(26)24-7-6-19-9-15(24)12-4-3-5-13(18)8-12/h3-5,8,10,15,19H,6-7,9,11H2,1-2H3. The average Bonchev–Trinajstić information content (AvgIpc) is 3.09. The number of aromatic nitrogens is 3. The smallest absolute Gasteiger partial charge is 0.276 e. The van der Waals surface area contributed by atoms with Gasteiger partial charge >= 0.3 is 0 Å². The van der Waals surface area contributed by atoms with Gasteiger partial charge < -0.3 is 15.1 Å². The highest BCUT2D eigenvalue weighted by Crippen LogP contribution is 2.24. The van der Waals surface area contributed by atoms with Crippen LogP contribution in [0.2, 0.25) is 0 Å². The highest BCUT2D eigenvalue weighted by Gasteiger charge is 2.30. The van der Waals surface area contributed by atoms with Crippen molar-refractivity contribution >= 4 is 11.8 Å². The Kier molecular flexibility index (Phi) is 5.27. The lowest BCUT2D eigenvalue weighted by Gasteiger charge is -2.36. The Balaban J connectivity index is 1.79. The summed E-state index contributed by atoms with van der Waals surface area (Å²) in [4.78, 5) is 27.8. The number of hydrogen-bond acceptors (Lipinski definition) is 5. The molecular weight excluding hydrogens is 339 g/mol. The van der Waals surface area contributed by atoms with Crippen LogP contribution in [0.3, 0.4) is 0 Å². The van der Waals surface area contributed by atoms with Crippen LogP contribution in [0.4, 0.5) is 4.39 Å². The van der Waals surface area contributed by atoms with Crippen LogP contribution in [-0.2, 0) is 11.3 Å². The maximum atomic E-state index is 13.6. The average molecular weight is 360 g/mol. The van der Waals surface area contributed by atoms with Gasteiger partial charge in [0.15, 0.2) is 5.69 Å². The van der Waals surface area contributed by atoms with Crippen molar-refractivity contribution in [2.45, 2.75) is 12.6 Å². The molecule has 1 aliphatic heterocycles. The van der Waals surface area contributed by atoms with Gasteiger partial charge in [-0.1, -0.05) is 17.3 Å². The molecule has 1 fully saturated rings. The van der Waals surface area contributed by atoms with Gasteiger partial charge in [0.1, 0.15) is 12.4 Å². The Hall–Kier alpha value is -2.81. The lowest BCUT2D eigenvalue weighted by molar-refractivity contribution is -0.129. The van der Waals surface area contributed by atoms with Crippen LogP contribution >= 0.6 is 0 Å². The molecule has 1 aromatic heterocycles. The number of nitrogens with zero attached hydrogens (tertiary/aromatic N) is 5. The van der Waals surface area contributed by atoms with E-state index in [9.17, 15) is 14.0 Å². The Morgan fingerprint density at radius 1 is 1.38 bits per heavy atom. The minimum Gasteiger partial charge on any atom is -0.347 e. The molecule has 138 valence electrons. The largest absolute Gasteiger partial charge is 0.347 e. The van der Waals surface area contributed by atoms with E-state index in [2.05, 4.69) is 15.6 Å². The maximum Gasteiger partial charge on any atom is 0.276 e. The zero-order chi connectivity index (χ0) is 18.7. The third-order valence-corrected chi connectivity index (χ3v) is 4.29. The van der Waals surface area contributed by atoms with E-state index < -0.39 is 0 Å². The second kappa shape index (κ2) is 7.61. The number of hydrogen-bond donors (Lipinski definition) is 1. The molecule has 0 bridgehead atoms. The highest BCUT2D eigenvalue weighted by atomic mass is 19.1. The summed E-state index contributed by atoms with van der Waals surface area (Å²) >= 11 is 0. The van der Waals surface area contributed by atoms with Crippen LogP contribution in [0.1, 0.15) is 22.1 Å². The zero-order valence-electron chi connectivity index (χ0n) is 14.7. The van der Waals surface area contributed by atoms with Crippen molar-refractivity contribution in [3.63, 3.8) is 0 Å². The van der Waals surface area contributed by atoms with Gasteiger partial charge in [-0.25, -0.2) is 9.07 Å². The predicted molar refractivity (Wildman–Crippen MR) is 91.8 cm³/mol. The van der Waals surface area contributed by atoms with E-state index in [-0.39, 0.29) is 35.9 Å². The molecule has 0 aliphatic carbocycles. The van der Waals surface area contributed by atoms with E-state index in [0.29, 0.717) is 19.6 Å². The normalized spacial score (nSPS) is 17.2. The summed E-state index contributed by atoms with van der Waals surface area (Å²) in [6.07, 6.45) is 1.47. The molecule has 9 heteroatoms. The monoisotopic (exact) mass is 360 g/mol. The molecule has 0 spiro atoms. The minimum absolute atomic E-state index is 0.0160. The van der Waals surface area contributed by atoms with Gasteiger partial charge in [0, 0.05) is 33.7 Å². The van der Waals surface area contributed by atoms with Crippen LogP contribution in [0.5, 0.6) is 0 Å². The van der Waals surface area contributed by atoms with Crippen molar-refractivity contribution in [1.29, 1.82) is 0 Å². The molecule has 3 rings (SSSR count). The molecule has 26 heavy (non-hydrogen) atoms. The fraction of sp³-hybridized carbons (Fsp3) is 0.412. The zero-order valence-corrected chi connectivity index (χ0v) is 14.7. The highest BCUT2D eigenvalue weighted by molar-refractivity contribution is 5.92. The van der Waals surface area contributed by atoms with Gasteiger partial charge in [-0.05, 0) is 17.7 Å². The van der Waals surface area contributed by atoms with E-state index >= 15 is 0 Å². The van der Waals surface area contributed by atoms with Crippen molar-refractivity contribution in [2.75, 3.05) is 33.7 Å². The van der Waals surface area contributed by atoms with E-state index in [0.717, 1.165) is 5.56 Å². The number of halogens is 1. The van der Waals surface area contributed by atoms with Gasteiger partial charge in [-0.2, -0.15) is 0 Å². The van der Waals surface area contributed by atoms with Crippen LogP contribution < -0.4 is 5.32 Å². The summed E-state index contributed by atoms with van der Waals surface area (Å²) < 4.78 is 14.9. The summed E-state index contributed by atoms with van der Waals surface area (Å²) in [6.45, 7) is 1.67. The van der Waals surface area contributed by atoms with Crippen LogP contribution in [0.25, 0.3) is 0 Å². The fourth-order valence-electron chi connectivity index (χ4n) is 2.86. The Morgan fingerprint density at radius 2 is 2.19 bits per heavy atom. The van der Waals surface area contributed by atoms with E-state index in [1.807, 2.05) is 0 Å². The summed E-state index contributed by atoms with van der Waals surface area (Å²) in [7, 11) is 3.30. The number of nitrogens with one attached hydrogen (secondary N) is 1. The van der Waals surface area contributed by atoms with Gasteiger partial charge in [0.2, 0.25) is 5.91 Å².